The highest BCUT2D eigenvalue weighted by atomic mass is 35.5. The molecule has 3 saturated heterocycles. The standard InChI is InChI=1S/C13H15Cl2N3/c14-10-1-2-12(11(15)7-10)16-17-13-8-18-5-3-9(13)4-6-18/h1-2,7,9,16H,3-6,8H2. The quantitative estimate of drug-likeness (QED) is 0.842. The molecular formula is C13H15Cl2N3. The van der Waals surface area contributed by atoms with Crippen molar-refractivity contribution in [2.45, 2.75) is 12.8 Å². The molecule has 0 amide bonds. The van der Waals surface area contributed by atoms with Gasteiger partial charge in [0.1, 0.15) is 0 Å². The van der Waals surface area contributed by atoms with E-state index in [1.165, 1.54) is 31.6 Å². The number of halogens is 2. The van der Waals surface area contributed by atoms with Crippen LogP contribution in [0, 0.1) is 5.92 Å². The van der Waals surface area contributed by atoms with Crippen LogP contribution in [0.25, 0.3) is 0 Å². The molecule has 3 fully saturated rings. The van der Waals surface area contributed by atoms with Crippen LogP contribution in [0.5, 0.6) is 0 Å². The summed E-state index contributed by atoms with van der Waals surface area (Å²) in [6, 6.07) is 5.39. The molecule has 3 aliphatic rings. The molecule has 0 spiro atoms. The molecule has 0 aliphatic carbocycles. The van der Waals surface area contributed by atoms with E-state index in [2.05, 4.69) is 15.4 Å². The van der Waals surface area contributed by atoms with Crippen LogP contribution in [0.15, 0.2) is 23.3 Å². The second kappa shape index (κ2) is 5.08. The van der Waals surface area contributed by atoms with E-state index in [0.717, 1.165) is 12.2 Å². The van der Waals surface area contributed by atoms with Gasteiger partial charge in [0.2, 0.25) is 0 Å². The van der Waals surface area contributed by atoms with Crippen molar-refractivity contribution in [1.82, 2.24) is 4.90 Å². The maximum Gasteiger partial charge on any atom is 0.0749 e. The van der Waals surface area contributed by atoms with Crippen molar-refractivity contribution in [2.24, 2.45) is 11.0 Å². The Hall–Kier alpha value is -0.770. The van der Waals surface area contributed by atoms with E-state index < -0.39 is 0 Å². The zero-order valence-electron chi connectivity index (χ0n) is 10.00. The van der Waals surface area contributed by atoms with Crippen LogP contribution in [0.3, 0.4) is 0 Å². The number of hydrazone groups is 1. The molecule has 1 N–H and O–H groups in total. The van der Waals surface area contributed by atoms with Gasteiger partial charge in [-0.2, -0.15) is 5.10 Å². The molecule has 2 bridgehead atoms. The molecule has 0 atom stereocenters. The molecule has 3 nitrogen and oxygen atoms in total. The molecular weight excluding hydrogens is 269 g/mol. The molecule has 3 heterocycles. The van der Waals surface area contributed by atoms with Gasteiger partial charge in [0.05, 0.1) is 16.4 Å². The van der Waals surface area contributed by atoms with E-state index in [1.807, 2.05) is 12.1 Å². The zero-order valence-corrected chi connectivity index (χ0v) is 11.5. The molecule has 3 aliphatic heterocycles. The number of benzene rings is 1. The molecule has 1 aromatic carbocycles. The lowest BCUT2D eigenvalue weighted by atomic mass is 9.87. The summed E-state index contributed by atoms with van der Waals surface area (Å²) in [4.78, 5) is 2.45. The van der Waals surface area contributed by atoms with Crippen LogP contribution in [-0.4, -0.2) is 30.2 Å². The highest BCUT2D eigenvalue weighted by Crippen LogP contribution is 2.27. The lowest BCUT2D eigenvalue weighted by Gasteiger charge is -2.39. The van der Waals surface area contributed by atoms with Crippen molar-refractivity contribution < 1.29 is 0 Å². The monoisotopic (exact) mass is 283 g/mol. The van der Waals surface area contributed by atoms with Crippen molar-refractivity contribution in [2.75, 3.05) is 25.1 Å². The van der Waals surface area contributed by atoms with Gasteiger partial charge in [0, 0.05) is 17.5 Å². The minimum atomic E-state index is 0.605. The first-order valence-corrected chi connectivity index (χ1v) is 6.98. The van der Waals surface area contributed by atoms with E-state index in [-0.39, 0.29) is 0 Å². The van der Waals surface area contributed by atoms with E-state index in [4.69, 9.17) is 23.2 Å². The van der Waals surface area contributed by atoms with Crippen molar-refractivity contribution in [3.05, 3.63) is 28.2 Å². The second-order valence-corrected chi connectivity index (χ2v) is 5.73. The molecule has 96 valence electrons. The van der Waals surface area contributed by atoms with E-state index in [1.54, 1.807) is 6.07 Å². The predicted octanol–water partition coefficient (Wildman–Crippen LogP) is 3.49. The van der Waals surface area contributed by atoms with Gasteiger partial charge in [-0.05, 0) is 44.1 Å². The number of rotatable bonds is 2. The zero-order chi connectivity index (χ0) is 12.5. The second-order valence-electron chi connectivity index (χ2n) is 4.89. The van der Waals surface area contributed by atoms with Crippen LogP contribution >= 0.6 is 23.2 Å². The van der Waals surface area contributed by atoms with Gasteiger partial charge in [0.25, 0.3) is 0 Å². The van der Waals surface area contributed by atoms with Crippen LogP contribution in [0.2, 0.25) is 10.0 Å². The molecule has 4 rings (SSSR count). The fraction of sp³-hybridized carbons (Fsp3) is 0.462. The van der Waals surface area contributed by atoms with Crippen LogP contribution in [-0.2, 0) is 0 Å². The Kier molecular flexibility index (Phi) is 3.46. The maximum absolute atomic E-state index is 6.10. The summed E-state index contributed by atoms with van der Waals surface area (Å²) in [5.41, 5.74) is 5.12. The Balaban J connectivity index is 1.73. The number of nitrogens with zero attached hydrogens (tertiary/aromatic N) is 2. The lowest BCUT2D eigenvalue weighted by molar-refractivity contribution is 0.200. The summed E-state index contributed by atoms with van der Waals surface area (Å²) in [5.74, 6) is 0.647. The SMILES string of the molecule is Clc1ccc(NN=C2CN3CCC2CC3)c(Cl)c1. The highest BCUT2D eigenvalue weighted by molar-refractivity contribution is 6.36. The molecule has 0 radical (unpaired) electrons. The Morgan fingerprint density at radius 3 is 2.61 bits per heavy atom. The van der Waals surface area contributed by atoms with Gasteiger partial charge < -0.3 is 0 Å². The number of anilines is 1. The number of hydrogen-bond donors (Lipinski definition) is 1. The Bertz CT molecular complexity index is 479. The van der Waals surface area contributed by atoms with Crippen LogP contribution in [0.4, 0.5) is 5.69 Å². The van der Waals surface area contributed by atoms with Gasteiger partial charge in [-0.3, -0.25) is 10.3 Å². The van der Waals surface area contributed by atoms with E-state index in [0.29, 0.717) is 16.0 Å². The number of nitrogens with one attached hydrogen (secondary N) is 1. The minimum Gasteiger partial charge on any atom is -0.298 e. The third kappa shape index (κ3) is 2.48. The number of hydrogen-bond acceptors (Lipinski definition) is 3. The first kappa shape index (κ1) is 12.3. The third-order valence-electron chi connectivity index (χ3n) is 3.70. The van der Waals surface area contributed by atoms with Crippen molar-refractivity contribution in [3.8, 4) is 0 Å². The van der Waals surface area contributed by atoms with Crippen molar-refractivity contribution in [3.63, 3.8) is 0 Å². The first-order chi connectivity index (χ1) is 8.72. The van der Waals surface area contributed by atoms with Gasteiger partial charge >= 0.3 is 0 Å². The van der Waals surface area contributed by atoms with Gasteiger partial charge in [0.15, 0.2) is 0 Å². The van der Waals surface area contributed by atoms with Crippen molar-refractivity contribution >= 4 is 34.6 Å². The van der Waals surface area contributed by atoms with Gasteiger partial charge in [-0.1, -0.05) is 23.2 Å². The summed E-state index contributed by atoms with van der Waals surface area (Å²) in [5, 5.41) is 5.77. The molecule has 0 aromatic heterocycles. The summed E-state index contributed by atoms with van der Waals surface area (Å²) >= 11 is 12.0. The minimum absolute atomic E-state index is 0.605. The Morgan fingerprint density at radius 2 is 2.00 bits per heavy atom. The van der Waals surface area contributed by atoms with E-state index >= 15 is 0 Å². The van der Waals surface area contributed by atoms with Gasteiger partial charge in [-0.15, -0.1) is 0 Å². The fourth-order valence-corrected chi connectivity index (χ4v) is 3.07. The van der Waals surface area contributed by atoms with E-state index in [9.17, 15) is 0 Å². The number of piperidine rings is 3. The lowest BCUT2D eigenvalue weighted by Crippen LogP contribution is -2.48. The average molecular weight is 284 g/mol. The predicted molar refractivity (Wildman–Crippen MR) is 76.7 cm³/mol. The highest BCUT2D eigenvalue weighted by Gasteiger charge is 2.30. The summed E-state index contributed by atoms with van der Waals surface area (Å²) < 4.78 is 0. The molecule has 1 aromatic rings. The fourth-order valence-electron chi connectivity index (χ4n) is 2.62. The van der Waals surface area contributed by atoms with Crippen LogP contribution in [0.1, 0.15) is 12.8 Å². The largest absolute Gasteiger partial charge is 0.298 e. The normalized spacial score (nSPS) is 28.7. The Morgan fingerprint density at radius 1 is 1.22 bits per heavy atom. The maximum atomic E-state index is 6.10. The van der Waals surface area contributed by atoms with Crippen molar-refractivity contribution in [1.29, 1.82) is 0 Å². The molecule has 5 heteroatoms. The summed E-state index contributed by atoms with van der Waals surface area (Å²) in [7, 11) is 0. The van der Waals surface area contributed by atoms with Gasteiger partial charge in [-0.25, -0.2) is 0 Å². The summed E-state index contributed by atoms with van der Waals surface area (Å²) in [6.45, 7) is 3.42. The molecule has 18 heavy (non-hydrogen) atoms. The molecule has 0 unspecified atom stereocenters. The smallest absolute Gasteiger partial charge is 0.0749 e. The third-order valence-corrected chi connectivity index (χ3v) is 4.24. The topological polar surface area (TPSA) is 27.6 Å². The first-order valence-electron chi connectivity index (χ1n) is 6.22. The Labute approximate surface area is 117 Å². The summed E-state index contributed by atoms with van der Waals surface area (Å²) in [6.07, 6.45) is 2.46. The van der Waals surface area contributed by atoms with Crippen LogP contribution < -0.4 is 5.43 Å². The number of fused-ring (bicyclic) bond motifs is 3. The molecule has 0 saturated carbocycles. The average Bonchev–Trinajstić information content (AvgIpc) is 2.39.